The molecule has 25 heavy (non-hydrogen) atoms. The lowest BCUT2D eigenvalue weighted by atomic mass is 10.0. The van der Waals surface area contributed by atoms with E-state index in [1.165, 1.54) is 16.7 Å². The Kier molecular flexibility index (Phi) is 4.25. The Morgan fingerprint density at radius 3 is 1.60 bits per heavy atom. The van der Waals surface area contributed by atoms with Gasteiger partial charge in [0.05, 0.1) is 0 Å². The second kappa shape index (κ2) is 7.02. The van der Waals surface area contributed by atoms with Crippen LogP contribution in [0.1, 0.15) is 0 Å². The first-order chi connectivity index (χ1) is 12.4. The van der Waals surface area contributed by atoms with E-state index in [2.05, 4.69) is 83.1 Å². The third kappa shape index (κ3) is 3.59. The van der Waals surface area contributed by atoms with Crippen LogP contribution in [0.5, 0.6) is 0 Å². The summed E-state index contributed by atoms with van der Waals surface area (Å²) in [6.45, 7) is 0. The van der Waals surface area contributed by atoms with Gasteiger partial charge in [-0.2, -0.15) is 0 Å². The van der Waals surface area contributed by atoms with Crippen molar-refractivity contribution < 1.29 is 0 Å². The predicted molar refractivity (Wildman–Crippen MR) is 105 cm³/mol. The quantitative estimate of drug-likeness (QED) is 0.487. The maximum atomic E-state index is 4.08. The summed E-state index contributed by atoms with van der Waals surface area (Å²) in [4.78, 5) is 4.08. The highest BCUT2D eigenvalue weighted by Gasteiger charge is 2.02. The first-order valence-corrected chi connectivity index (χ1v) is 8.31. The number of anilines is 2. The van der Waals surface area contributed by atoms with Crippen molar-refractivity contribution in [3.05, 3.63) is 103 Å². The number of nitrogens with one attached hydrogen (secondary N) is 1. The van der Waals surface area contributed by atoms with Crippen molar-refractivity contribution in [2.24, 2.45) is 0 Å². The maximum absolute atomic E-state index is 4.08. The molecule has 0 radical (unpaired) electrons. The second-order valence-electron chi connectivity index (χ2n) is 5.89. The van der Waals surface area contributed by atoms with E-state index in [9.17, 15) is 0 Å². The van der Waals surface area contributed by atoms with Crippen LogP contribution in [0.25, 0.3) is 22.3 Å². The Morgan fingerprint density at radius 2 is 1.00 bits per heavy atom. The molecule has 0 amide bonds. The summed E-state index contributed by atoms with van der Waals surface area (Å²) in [6, 6.07) is 31.4. The summed E-state index contributed by atoms with van der Waals surface area (Å²) in [5.41, 5.74) is 6.91. The lowest BCUT2D eigenvalue weighted by molar-refractivity contribution is 1.33. The molecule has 1 heterocycles. The minimum atomic E-state index is 1.07. The maximum Gasteiger partial charge on any atom is 0.0390 e. The fourth-order valence-electron chi connectivity index (χ4n) is 2.89. The van der Waals surface area contributed by atoms with Crippen LogP contribution in [0, 0.1) is 0 Å². The minimum absolute atomic E-state index is 1.07. The molecule has 2 nitrogen and oxygen atoms in total. The summed E-state index contributed by atoms with van der Waals surface area (Å²) in [6.07, 6.45) is 3.64. The van der Waals surface area contributed by atoms with Crippen molar-refractivity contribution >= 4 is 11.4 Å². The Morgan fingerprint density at radius 1 is 0.480 bits per heavy atom. The molecule has 120 valence electrons. The van der Waals surface area contributed by atoms with Gasteiger partial charge in [-0.1, -0.05) is 54.6 Å². The van der Waals surface area contributed by atoms with Crippen LogP contribution in [0.4, 0.5) is 11.4 Å². The van der Waals surface area contributed by atoms with E-state index in [4.69, 9.17) is 0 Å². The predicted octanol–water partition coefficient (Wildman–Crippen LogP) is 6.16. The standard InChI is InChI=1S/C23H18N2/c1-2-6-18(7-3-1)20-8-4-10-22(16-20)25-23-11-5-9-21(17-23)19-12-14-24-15-13-19/h1-17,25H. The van der Waals surface area contributed by atoms with Gasteiger partial charge in [0.1, 0.15) is 0 Å². The Labute approximate surface area is 147 Å². The lowest BCUT2D eigenvalue weighted by Gasteiger charge is -2.10. The van der Waals surface area contributed by atoms with Crippen LogP contribution in [0.2, 0.25) is 0 Å². The van der Waals surface area contributed by atoms with E-state index in [1.807, 2.05) is 30.6 Å². The van der Waals surface area contributed by atoms with Gasteiger partial charge in [0.15, 0.2) is 0 Å². The van der Waals surface area contributed by atoms with E-state index in [-0.39, 0.29) is 0 Å². The molecule has 0 saturated heterocycles. The fraction of sp³-hybridized carbons (Fsp3) is 0. The van der Waals surface area contributed by atoms with Crippen molar-refractivity contribution in [1.82, 2.24) is 4.98 Å². The number of hydrogen-bond acceptors (Lipinski definition) is 2. The van der Waals surface area contributed by atoms with Crippen molar-refractivity contribution in [2.75, 3.05) is 5.32 Å². The first-order valence-electron chi connectivity index (χ1n) is 8.31. The lowest BCUT2D eigenvalue weighted by Crippen LogP contribution is -1.91. The van der Waals surface area contributed by atoms with Crippen LogP contribution in [-0.2, 0) is 0 Å². The van der Waals surface area contributed by atoms with Crippen LogP contribution in [0.15, 0.2) is 103 Å². The van der Waals surface area contributed by atoms with Gasteiger partial charge in [-0.3, -0.25) is 4.98 Å². The number of rotatable bonds is 4. The van der Waals surface area contributed by atoms with Gasteiger partial charge in [0.25, 0.3) is 0 Å². The molecule has 0 spiro atoms. The molecule has 2 heteroatoms. The topological polar surface area (TPSA) is 24.9 Å². The average Bonchev–Trinajstić information content (AvgIpc) is 2.70. The molecule has 0 atom stereocenters. The van der Waals surface area contributed by atoms with E-state index >= 15 is 0 Å². The highest BCUT2D eigenvalue weighted by molar-refractivity contribution is 5.73. The first kappa shape index (κ1) is 15.2. The molecule has 0 unspecified atom stereocenters. The van der Waals surface area contributed by atoms with Gasteiger partial charge in [-0.05, 0) is 58.7 Å². The largest absolute Gasteiger partial charge is 0.355 e. The van der Waals surface area contributed by atoms with Crippen molar-refractivity contribution in [3.63, 3.8) is 0 Å². The van der Waals surface area contributed by atoms with E-state index in [0.717, 1.165) is 16.9 Å². The molecule has 3 aromatic carbocycles. The Bertz CT molecular complexity index is 882. The summed E-state index contributed by atoms with van der Waals surface area (Å²) in [5, 5.41) is 3.51. The van der Waals surface area contributed by atoms with Crippen LogP contribution >= 0.6 is 0 Å². The van der Waals surface area contributed by atoms with Crippen LogP contribution < -0.4 is 5.32 Å². The molecule has 0 aliphatic rings. The highest BCUT2D eigenvalue weighted by Crippen LogP contribution is 2.27. The third-order valence-corrected chi connectivity index (χ3v) is 4.13. The van der Waals surface area contributed by atoms with E-state index in [0.29, 0.717) is 0 Å². The van der Waals surface area contributed by atoms with Crippen molar-refractivity contribution in [1.29, 1.82) is 0 Å². The van der Waals surface area contributed by atoms with E-state index in [1.54, 1.807) is 0 Å². The molecular weight excluding hydrogens is 304 g/mol. The number of aromatic nitrogens is 1. The molecule has 1 N–H and O–H groups in total. The summed E-state index contributed by atoms with van der Waals surface area (Å²) >= 11 is 0. The molecular formula is C23H18N2. The molecule has 4 rings (SSSR count). The fourth-order valence-corrected chi connectivity index (χ4v) is 2.89. The van der Waals surface area contributed by atoms with Gasteiger partial charge >= 0.3 is 0 Å². The number of pyridine rings is 1. The SMILES string of the molecule is c1ccc(-c2cccc(Nc3cccc(-c4ccncc4)c3)c2)cc1. The average molecular weight is 322 g/mol. The summed E-state index contributed by atoms with van der Waals surface area (Å²) in [5.74, 6) is 0. The Hall–Kier alpha value is -3.39. The zero-order chi connectivity index (χ0) is 16.9. The number of nitrogens with zero attached hydrogens (tertiary/aromatic N) is 1. The highest BCUT2D eigenvalue weighted by atomic mass is 14.9. The molecule has 4 aromatic rings. The molecule has 0 aliphatic heterocycles. The third-order valence-electron chi connectivity index (χ3n) is 4.13. The Balaban J connectivity index is 1.61. The normalized spacial score (nSPS) is 10.4. The van der Waals surface area contributed by atoms with Crippen LogP contribution in [-0.4, -0.2) is 4.98 Å². The summed E-state index contributed by atoms with van der Waals surface area (Å²) < 4.78 is 0. The zero-order valence-electron chi connectivity index (χ0n) is 13.8. The van der Waals surface area contributed by atoms with E-state index < -0.39 is 0 Å². The van der Waals surface area contributed by atoms with Crippen molar-refractivity contribution in [3.8, 4) is 22.3 Å². The van der Waals surface area contributed by atoms with Gasteiger partial charge in [0.2, 0.25) is 0 Å². The van der Waals surface area contributed by atoms with Gasteiger partial charge in [0, 0.05) is 23.8 Å². The van der Waals surface area contributed by atoms with Gasteiger partial charge in [-0.15, -0.1) is 0 Å². The zero-order valence-corrected chi connectivity index (χ0v) is 13.8. The monoisotopic (exact) mass is 322 g/mol. The van der Waals surface area contributed by atoms with Gasteiger partial charge in [-0.25, -0.2) is 0 Å². The number of benzene rings is 3. The summed E-state index contributed by atoms with van der Waals surface area (Å²) in [7, 11) is 0. The molecule has 0 saturated carbocycles. The minimum Gasteiger partial charge on any atom is -0.355 e. The van der Waals surface area contributed by atoms with Crippen molar-refractivity contribution in [2.45, 2.75) is 0 Å². The molecule has 0 fully saturated rings. The number of hydrogen-bond donors (Lipinski definition) is 1. The van der Waals surface area contributed by atoms with Crippen LogP contribution in [0.3, 0.4) is 0 Å². The molecule has 0 bridgehead atoms. The smallest absolute Gasteiger partial charge is 0.0390 e. The molecule has 0 aliphatic carbocycles. The van der Waals surface area contributed by atoms with Gasteiger partial charge < -0.3 is 5.32 Å². The molecule has 1 aromatic heterocycles. The second-order valence-corrected chi connectivity index (χ2v) is 5.89.